The molecule has 0 aromatic heterocycles. The highest BCUT2D eigenvalue weighted by atomic mass is 79.9. The van der Waals surface area contributed by atoms with E-state index in [0.717, 1.165) is 5.56 Å². The zero-order chi connectivity index (χ0) is 20.2. The van der Waals surface area contributed by atoms with Gasteiger partial charge in [0.15, 0.2) is 21.2 Å². The van der Waals surface area contributed by atoms with E-state index in [1.54, 1.807) is 37.9 Å². The predicted octanol–water partition coefficient (Wildman–Crippen LogP) is 2.11. The molecule has 3 fully saturated rings. The zero-order valence-electron chi connectivity index (χ0n) is 15.3. The second-order valence-corrected chi connectivity index (χ2v) is 11.7. The Kier molecular flexibility index (Phi) is 3.44. The lowest BCUT2D eigenvalue weighted by Crippen LogP contribution is -2.60. The van der Waals surface area contributed by atoms with Crippen molar-refractivity contribution in [2.24, 2.45) is 0 Å². The third-order valence-corrected chi connectivity index (χ3v) is 11.2. The molecule has 3 saturated heterocycles. The van der Waals surface area contributed by atoms with Crippen LogP contribution in [0.5, 0.6) is 11.5 Å². The molecule has 0 saturated carbocycles. The van der Waals surface area contributed by atoms with Crippen molar-refractivity contribution in [3.05, 3.63) is 33.6 Å². The zero-order valence-corrected chi connectivity index (χ0v) is 18.5. The van der Waals surface area contributed by atoms with Gasteiger partial charge in [0.2, 0.25) is 6.79 Å². The summed E-state index contributed by atoms with van der Waals surface area (Å²) in [5, 5.41) is 0. The summed E-state index contributed by atoms with van der Waals surface area (Å²) in [6.45, 7) is 11.6. The standard InChI is InChI=1S/C18H16BrN3O4S2/c1-16(20-3)7-18-15(24)21(4)17(2,28(18)27)14(23)22(18)13(16)9-5-11-12(6-10(9)19)26-8-25-11/h5-6,13H,7-8H2,1-2,4H3/t13-,16-,17-,18-,28?/m0/s1. The van der Waals surface area contributed by atoms with Crippen LogP contribution in [0.3, 0.4) is 0 Å². The molecule has 5 rings (SSSR count). The first kappa shape index (κ1) is 18.3. The highest BCUT2D eigenvalue weighted by molar-refractivity contribution is 9.10. The molecule has 1 unspecified atom stereocenters. The molecule has 4 aliphatic heterocycles. The fourth-order valence-electron chi connectivity index (χ4n) is 4.92. The molecule has 2 bridgehead atoms. The number of fused-ring (bicyclic) bond motifs is 2. The lowest BCUT2D eigenvalue weighted by atomic mass is 9.87. The summed E-state index contributed by atoms with van der Waals surface area (Å²) >= 11 is 9.36. The van der Waals surface area contributed by atoms with Crippen LogP contribution in [0.2, 0.25) is 0 Å². The number of nitrogens with zero attached hydrogens (tertiary/aromatic N) is 3. The molecule has 2 amide bonds. The quantitative estimate of drug-likeness (QED) is 0.574. The minimum atomic E-state index is -1.14. The number of likely N-dealkylation sites (N-methyl/N-ethyl adjacent to an activating group) is 1. The minimum Gasteiger partial charge on any atom is -0.454 e. The summed E-state index contributed by atoms with van der Waals surface area (Å²) in [5.41, 5.74) is -0.260. The van der Waals surface area contributed by atoms with E-state index in [0.29, 0.717) is 16.0 Å². The van der Waals surface area contributed by atoms with Crippen molar-refractivity contribution in [3.8, 4) is 11.5 Å². The van der Waals surface area contributed by atoms with Gasteiger partial charge in [0.05, 0.1) is 6.42 Å². The van der Waals surface area contributed by atoms with Gasteiger partial charge in [0, 0.05) is 24.0 Å². The summed E-state index contributed by atoms with van der Waals surface area (Å²) in [6.07, 6.45) is 0.228. The van der Waals surface area contributed by atoms with E-state index in [-0.39, 0.29) is 25.0 Å². The molecule has 1 spiro atoms. The van der Waals surface area contributed by atoms with Gasteiger partial charge in [-0.15, -0.1) is 0 Å². The Morgan fingerprint density at radius 1 is 1.29 bits per heavy atom. The number of hydrogen-bond acceptors (Lipinski definition) is 5. The fraction of sp³-hybridized carbons (Fsp3) is 0.500. The van der Waals surface area contributed by atoms with Gasteiger partial charge in [-0.05, 0) is 39.7 Å². The fourth-order valence-corrected chi connectivity index (χ4v) is 8.97. The van der Waals surface area contributed by atoms with E-state index < -0.39 is 30.8 Å². The van der Waals surface area contributed by atoms with Crippen LogP contribution in [0.1, 0.15) is 31.9 Å². The molecule has 146 valence electrons. The van der Waals surface area contributed by atoms with Crippen molar-refractivity contribution in [3.63, 3.8) is 0 Å². The molecule has 0 aliphatic carbocycles. The molecule has 4 aliphatic rings. The topological polar surface area (TPSA) is 63.4 Å². The molecule has 1 aromatic carbocycles. The first-order valence-corrected chi connectivity index (χ1v) is 11.6. The van der Waals surface area contributed by atoms with Crippen molar-refractivity contribution in [2.45, 2.75) is 41.6 Å². The van der Waals surface area contributed by atoms with Crippen molar-refractivity contribution >= 4 is 48.4 Å². The maximum atomic E-state index is 13.6. The molecular weight excluding hydrogens is 466 g/mol. The average Bonchev–Trinajstić information content (AvgIpc) is 3.30. The van der Waals surface area contributed by atoms with Gasteiger partial charge >= 0.3 is 0 Å². The normalized spacial score (nSPS) is 40.2. The number of carbonyl (C=O) groups excluding carboxylic acids is 2. The van der Waals surface area contributed by atoms with E-state index in [9.17, 15) is 9.59 Å². The number of amides is 2. The van der Waals surface area contributed by atoms with Crippen LogP contribution in [0.15, 0.2) is 16.6 Å². The second-order valence-electron chi connectivity index (χ2n) is 7.85. The molecule has 28 heavy (non-hydrogen) atoms. The van der Waals surface area contributed by atoms with Crippen LogP contribution in [0.4, 0.5) is 0 Å². The molecule has 10 heteroatoms. The summed E-state index contributed by atoms with van der Waals surface area (Å²) in [6, 6.07) is 2.98. The summed E-state index contributed by atoms with van der Waals surface area (Å²) in [5.74, 6) is 0.820. The first-order valence-electron chi connectivity index (χ1n) is 8.64. The molecule has 4 heterocycles. The Bertz CT molecular complexity index is 1060. The van der Waals surface area contributed by atoms with E-state index in [4.69, 9.17) is 27.2 Å². The third-order valence-electron chi connectivity index (χ3n) is 6.44. The highest BCUT2D eigenvalue weighted by Crippen LogP contribution is 2.64. The number of piperazine rings is 1. The maximum absolute atomic E-state index is 13.6. The van der Waals surface area contributed by atoms with Crippen LogP contribution in [-0.4, -0.2) is 50.7 Å². The van der Waals surface area contributed by atoms with Gasteiger partial charge in [-0.3, -0.25) is 9.59 Å². The van der Waals surface area contributed by atoms with Gasteiger partial charge < -0.3 is 24.1 Å². The molecule has 5 atom stereocenters. The van der Waals surface area contributed by atoms with Gasteiger partial charge in [-0.25, -0.2) is 6.57 Å². The van der Waals surface area contributed by atoms with Crippen LogP contribution in [-0.2, 0) is 30.2 Å². The molecule has 1 aromatic rings. The maximum Gasteiger partial charge on any atom is 0.261 e. The highest BCUT2D eigenvalue weighted by Gasteiger charge is 2.82. The largest absolute Gasteiger partial charge is 0.454 e. The molecular formula is C18H16BrN3O4S2. The molecule has 0 N–H and O–H groups in total. The number of halogens is 1. The number of carbonyl (C=O) groups is 2. The lowest BCUT2D eigenvalue weighted by molar-refractivity contribution is -0.159. The lowest BCUT2D eigenvalue weighted by Gasteiger charge is -2.39. The first-order chi connectivity index (χ1) is 13.1. The van der Waals surface area contributed by atoms with Crippen LogP contribution in [0.25, 0.3) is 4.85 Å². The Morgan fingerprint density at radius 2 is 1.93 bits per heavy atom. The van der Waals surface area contributed by atoms with E-state index in [1.807, 2.05) is 0 Å². The van der Waals surface area contributed by atoms with Crippen LogP contribution < -0.4 is 9.47 Å². The van der Waals surface area contributed by atoms with Gasteiger partial charge in [0.25, 0.3) is 17.4 Å². The van der Waals surface area contributed by atoms with Gasteiger partial charge in [0.1, 0.15) is 6.04 Å². The minimum absolute atomic E-state index is 0.125. The van der Waals surface area contributed by atoms with E-state index >= 15 is 0 Å². The summed E-state index contributed by atoms with van der Waals surface area (Å²) in [4.78, 5) is 31.7. The summed E-state index contributed by atoms with van der Waals surface area (Å²) in [7, 11) is 0.676. The Balaban J connectivity index is 1.76. The van der Waals surface area contributed by atoms with Crippen molar-refractivity contribution in [2.75, 3.05) is 13.8 Å². The Morgan fingerprint density at radius 3 is 2.57 bits per heavy atom. The number of benzene rings is 1. The third kappa shape index (κ3) is 1.73. The molecule has 0 radical (unpaired) electrons. The van der Waals surface area contributed by atoms with Crippen LogP contribution in [0, 0.1) is 6.57 Å². The van der Waals surface area contributed by atoms with E-state index in [1.165, 1.54) is 4.90 Å². The van der Waals surface area contributed by atoms with E-state index in [2.05, 4.69) is 20.8 Å². The number of hydrogen-bond donors (Lipinski definition) is 0. The monoisotopic (exact) mass is 481 g/mol. The van der Waals surface area contributed by atoms with Crippen LogP contribution >= 0.6 is 15.9 Å². The number of ether oxygens (including phenoxy) is 2. The second kappa shape index (κ2) is 5.26. The van der Waals surface area contributed by atoms with Gasteiger partial charge in [-0.1, -0.05) is 15.9 Å². The van der Waals surface area contributed by atoms with Gasteiger partial charge in [-0.2, -0.15) is 0 Å². The molecule has 7 nitrogen and oxygen atoms in total. The number of rotatable bonds is 1. The average molecular weight is 482 g/mol. The predicted molar refractivity (Wildman–Crippen MR) is 108 cm³/mol. The Hall–Kier alpha value is -1.70. The van der Waals surface area contributed by atoms with Crippen molar-refractivity contribution < 1.29 is 19.1 Å². The van der Waals surface area contributed by atoms with Crippen molar-refractivity contribution in [1.29, 1.82) is 0 Å². The smallest absolute Gasteiger partial charge is 0.261 e. The Labute approximate surface area is 177 Å². The summed E-state index contributed by atoms with van der Waals surface area (Å²) < 4.78 is 11.6. The SMILES string of the molecule is [C-]#[N+][C@@]1(C)C[C@]23C(=O)N(C)[C@](C)(C(=O)N2[C@H]1c1cc2c(cc1Br)OCO2)S3=S. The van der Waals surface area contributed by atoms with Crippen molar-refractivity contribution in [1.82, 2.24) is 9.80 Å².